The van der Waals surface area contributed by atoms with E-state index in [1.54, 1.807) is 0 Å². The number of hydrogen-bond acceptors (Lipinski definition) is 0. The first-order valence-electron chi connectivity index (χ1n) is 7.18. The SMILES string of the molecule is CC1=Cc2ccc3c(c2C1)-c1cccc2cccc-3c12. The number of allylic oxidation sites excluding steroid dienone is 1. The van der Waals surface area contributed by atoms with Crippen LogP contribution in [-0.2, 0) is 6.42 Å². The van der Waals surface area contributed by atoms with E-state index in [0.29, 0.717) is 0 Å². The standard InChI is InChI=1S/C20H14/c1-12-10-14-8-9-16-15-6-2-4-13-5-3-7-17(19(13)15)20(16)18(14)11-12/h2-10H,11H2,1H3. The number of rotatable bonds is 0. The van der Waals surface area contributed by atoms with Gasteiger partial charge in [0.1, 0.15) is 0 Å². The Hall–Kier alpha value is -2.34. The smallest absolute Gasteiger partial charge is 0.00263 e. The molecule has 94 valence electrons. The number of hydrogen-bond donors (Lipinski definition) is 0. The molecule has 0 heteroatoms. The van der Waals surface area contributed by atoms with Gasteiger partial charge in [0.25, 0.3) is 0 Å². The van der Waals surface area contributed by atoms with Crippen molar-refractivity contribution in [2.24, 2.45) is 0 Å². The summed E-state index contributed by atoms with van der Waals surface area (Å²) in [5, 5.41) is 2.79. The first-order valence-corrected chi connectivity index (χ1v) is 7.18. The van der Waals surface area contributed by atoms with Crippen LogP contribution in [0.5, 0.6) is 0 Å². The minimum atomic E-state index is 1.10. The molecule has 0 N–H and O–H groups in total. The monoisotopic (exact) mass is 254 g/mol. The Morgan fingerprint density at radius 1 is 0.800 bits per heavy atom. The Balaban J connectivity index is 1.97. The molecule has 2 aliphatic rings. The van der Waals surface area contributed by atoms with Crippen LogP contribution in [0, 0.1) is 0 Å². The largest absolute Gasteiger partial charge is 0.0683 e. The third kappa shape index (κ3) is 1.13. The fourth-order valence-corrected chi connectivity index (χ4v) is 3.89. The van der Waals surface area contributed by atoms with Crippen molar-refractivity contribution in [1.82, 2.24) is 0 Å². The van der Waals surface area contributed by atoms with Crippen molar-refractivity contribution in [3.05, 3.63) is 65.2 Å². The second kappa shape index (κ2) is 3.40. The number of benzene rings is 3. The van der Waals surface area contributed by atoms with E-state index in [-0.39, 0.29) is 0 Å². The van der Waals surface area contributed by atoms with Crippen LogP contribution in [0.3, 0.4) is 0 Å². The van der Waals surface area contributed by atoms with E-state index >= 15 is 0 Å². The van der Waals surface area contributed by atoms with E-state index in [4.69, 9.17) is 0 Å². The van der Waals surface area contributed by atoms with Crippen molar-refractivity contribution in [3.8, 4) is 22.3 Å². The van der Waals surface area contributed by atoms with E-state index in [2.05, 4.69) is 61.5 Å². The maximum absolute atomic E-state index is 2.33. The molecule has 3 aromatic rings. The normalized spacial score (nSPS) is 14.3. The van der Waals surface area contributed by atoms with Crippen molar-refractivity contribution in [3.63, 3.8) is 0 Å². The molecule has 0 saturated heterocycles. The molecule has 0 aromatic heterocycles. The summed E-state index contributed by atoms with van der Waals surface area (Å²) in [6.45, 7) is 2.23. The molecule has 0 nitrogen and oxygen atoms in total. The van der Waals surface area contributed by atoms with Crippen LogP contribution in [0.15, 0.2) is 54.1 Å². The van der Waals surface area contributed by atoms with Crippen molar-refractivity contribution in [1.29, 1.82) is 0 Å². The molecular formula is C20H14. The zero-order valence-corrected chi connectivity index (χ0v) is 11.4. The molecule has 0 atom stereocenters. The lowest BCUT2D eigenvalue weighted by Crippen LogP contribution is -1.89. The lowest BCUT2D eigenvalue weighted by Gasteiger charge is -2.09. The lowest BCUT2D eigenvalue weighted by molar-refractivity contribution is 1.20. The first-order chi connectivity index (χ1) is 9.83. The lowest BCUT2D eigenvalue weighted by atomic mass is 9.94. The molecule has 0 heterocycles. The van der Waals surface area contributed by atoms with E-state index in [0.717, 1.165) is 6.42 Å². The summed E-state index contributed by atoms with van der Waals surface area (Å²) >= 11 is 0. The van der Waals surface area contributed by atoms with Gasteiger partial charge in [-0.15, -0.1) is 0 Å². The number of fused-ring (bicyclic) bond motifs is 5. The Bertz CT molecular complexity index is 921. The van der Waals surface area contributed by atoms with Crippen LogP contribution < -0.4 is 0 Å². The summed E-state index contributed by atoms with van der Waals surface area (Å²) < 4.78 is 0. The molecule has 0 bridgehead atoms. The summed E-state index contributed by atoms with van der Waals surface area (Å²) in [6, 6.07) is 17.9. The molecule has 0 amide bonds. The van der Waals surface area contributed by atoms with Crippen LogP contribution in [0.2, 0.25) is 0 Å². The molecule has 0 fully saturated rings. The van der Waals surface area contributed by atoms with Gasteiger partial charge in [-0.1, -0.05) is 60.2 Å². The van der Waals surface area contributed by atoms with Crippen molar-refractivity contribution in [2.45, 2.75) is 13.3 Å². The van der Waals surface area contributed by atoms with Crippen molar-refractivity contribution >= 4 is 16.8 Å². The minimum absolute atomic E-state index is 1.10. The van der Waals surface area contributed by atoms with Gasteiger partial charge in [0.2, 0.25) is 0 Å². The molecule has 3 aromatic carbocycles. The summed E-state index contributed by atoms with van der Waals surface area (Å²) in [5.41, 5.74) is 10.1. The van der Waals surface area contributed by atoms with E-state index in [9.17, 15) is 0 Å². The summed E-state index contributed by atoms with van der Waals surface area (Å²) in [7, 11) is 0. The highest BCUT2D eigenvalue weighted by Gasteiger charge is 2.26. The Morgan fingerprint density at radius 2 is 1.60 bits per heavy atom. The zero-order valence-electron chi connectivity index (χ0n) is 11.4. The summed E-state index contributed by atoms with van der Waals surface area (Å²) in [6.07, 6.45) is 3.43. The molecule has 0 aliphatic heterocycles. The molecule has 20 heavy (non-hydrogen) atoms. The summed E-state index contributed by atoms with van der Waals surface area (Å²) in [4.78, 5) is 0. The zero-order chi connectivity index (χ0) is 13.3. The maximum atomic E-state index is 2.33. The van der Waals surface area contributed by atoms with Crippen LogP contribution >= 0.6 is 0 Å². The van der Waals surface area contributed by atoms with Crippen molar-refractivity contribution in [2.75, 3.05) is 0 Å². The van der Waals surface area contributed by atoms with Gasteiger partial charge < -0.3 is 0 Å². The topological polar surface area (TPSA) is 0 Å². The average molecular weight is 254 g/mol. The molecule has 0 spiro atoms. The predicted octanol–water partition coefficient (Wildman–Crippen LogP) is 5.45. The second-order valence-corrected chi connectivity index (χ2v) is 5.93. The van der Waals surface area contributed by atoms with Gasteiger partial charge in [-0.2, -0.15) is 0 Å². The molecule has 5 rings (SSSR count). The fraction of sp³-hybridized carbons (Fsp3) is 0.100. The molecule has 0 radical (unpaired) electrons. The van der Waals surface area contributed by atoms with Crippen LogP contribution in [-0.4, -0.2) is 0 Å². The van der Waals surface area contributed by atoms with E-state index in [1.807, 2.05) is 0 Å². The van der Waals surface area contributed by atoms with Gasteiger partial charge in [-0.05, 0) is 57.5 Å². The maximum Gasteiger partial charge on any atom is -0.00263 e. The van der Waals surface area contributed by atoms with E-state index in [1.165, 1.54) is 49.7 Å². The molecular weight excluding hydrogens is 240 g/mol. The minimum Gasteiger partial charge on any atom is -0.0683 e. The van der Waals surface area contributed by atoms with Gasteiger partial charge in [-0.25, -0.2) is 0 Å². The highest BCUT2D eigenvalue weighted by molar-refractivity contribution is 6.16. The van der Waals surface area contributed by atoms with Gasteiger partial charge in [0.15, 0.2) is 0 Å². The molecule has 2 aliphatic carbocycles. The van der Waals surface area contributed by atoms with Crippen LogP contribution in [0.25, 0.3) is 39.1 Å². The van der Waals surface area contributed by atoms with Crippen LogP contribution in [0.4, 0.5) is 0 Å². The van der Waals surface area contributed by atoms with Gasteiger partial charge in [0, 0.05) is 0 Å². The van der Waals surface area contributed by atoms with Gasteiger partial charge >= 0.3 is 0 Å². The fourth-order valence-electron chi connectivity index (χ4n) is 3.89. The average Bonchev–Trinajstić information content (AvgIpc) is 2.99. The van der Waals surface area contributed by atoms with Gasteiger partial charge in [0.05, 0.1) is 0 Å². The third-order valence-electron chi connectivity index (χ3n) is 4.67. The van der Waals surface area contributed by atoms with Gasteiger partial charge in [-0.3, -0.25) is 0 Å². The Kier molecular flexibility index (Phi) is 1.78. The third-order valence-corrected chi connectivity index (χ3v) is 4.67. The molecule has 0 unspecified atom stereocenters. The summed E-state index contributed by atoms with van der Waals surface area (Å²) in [5.74, 6) is 0. The Morgan fingerprint density at radius 3 is 2.45 bits per heavy atom. The highest BCUT2D eigenvalue weighted by Crippen LogP contribution is 2.50. The highest BCUT2D eigenvalue weighted by atomic mass is 14.3. The quantitative estimate of drug-likeness (QED) is 0.391. The van der Waals surface area contributed by atoms with Crippen LogP contribution in [0.1, 0.15) is 18.1 Å². The molecule has 0 saturated carbocycles. The Labute approximate surface area is 118 Å². The predicted molar refractivity (Wildman–Crippen MR) is 85.7 cm³/mol. The van der Waals surface area contributed by atoms with Crippen molar-refractivity contribution < 1.29 is 0 Å². The second-order valence-electron chi connectivity index (χ2n) is 5.93. The first kappa shape index (κ1) is 10.4. The van der Waals surface area contributed by atoms with E-state index < -0.39 is 0 Å².